The Labute approximate surface area is 85.6 Å². The second-order valence-electron chi connectivity index (χ2n) is 3.62. The van der Waals surface area contributed by atoms with Gasteiger partial charge in [-0.1, -0.05) is 12.1 Å². The van der Waals surface area contributed by atoms with E-state index in [1.807, 2.05) is 0 Å². The van der Waals surface area contributed by atoms with Crippen LogP contribution in [0.2, 0.25) is 0 Å². The predicted molar refractivity (Wildman–Crippen MR) is 58.0 cm³/mol. The number of benzene rings is 1. The largest absolute Gasteiger partial charge is 0.300 e. The van der Waals surface area contributed by atoms with Crippen LogP contribution < -0.4 is 5.32 Å². The minimum absolute atomic E-state index is 0.409. The van der Waals surface area contributed by atoms with Crippen molar-refractivity contribution in [3.05, 3.63) is 34.4 Å². The molecule has 0 atom stereocenters. The van der Waals surface area contributed by atoms with Gasteiger partial charge in [-0.2, -0.15) is 5.26 Å². The molecule has 1 N–H and O–H groups in total. The van der Waals surface area contributed by atoms with Crippen LogP contribution in [-0.4, -0.2) is 6.54 Å². The zero-order chi connectivity index (χ0) is 10.6. The summed E-state index contributed by atoms with van der Waals surface area (Å²) in [7, 11) is 0. The lowest BCUT2D eigenvalue weighted by Crippen LogP contribution is -2.14. The van der Waals surface area contributed by atoms with E-state index in [2.05, 4.69) is 44.3 Å². The molecule has 0 unspecified atom stereocenters. The van der Waals surface area contributed by atoms with Gasteiger partial charge in [0, 0.05) is 6.54 Å². The molecule has 0 bridgehead atoms. The number of rotatable bonds is 3. The highest BCUT2D eigenvalue weighted by atomic mass is 14.8. The summed E-state index contributed by atoms with van der Waals surface area (Å²) in [6, 6.07) is 6.45. The van der Waals surface area contributed by atoms with E-state index in [4.69, 9.17) is 5.26 Å². The van der Waals surface area contributed by atoms with Gasteiger partial charge in [-0.15, -0.1) is 0 Å². The summed E-state index contributed by atoms with van der Waals surface area (Å²) in [6.07, 6.45) is 0. The maximum Gasteiger partial charge on any atom is 0.0843 e. The molecule has 2 heteroatoms. The van der Waals surface area contributed by atoms with E-state index in [1.54, 1.807) is 0 Å². The Morgan fingerprint density at radius 2 is 1.79 bits per heavy atom. The first-order valence-corrected chi connectivity index (χ1v) is 4.79. The van der Waals surface area contributed by atoms with Gasteiger partial charge in [-0.3, -0.25) is 0 Å². The molecule has 0 aliphatic rings. The normalized spacial score (nSPS) is 9.86. The fourth-order valence-corrected chi connectivity index (χ4v) is 1.46. The van der Waals surface area contributed by atoms with Crippen molar-refractivity contribution in [3.63, 3.8) is 0 Å². The van der Waals surface area contributed by atoms with E-state index < -0.39 is 0 Å². The smallest absolute Gasteiger partial charge is 0.0843 e. The third-order valence-corrected chi connectivity index (χ3v) is 2.47. The van der Waals surface area contributed by atoms with Crippen molar-refractivity contribution in [1.82, 2.24) is 5.32 Å². The summed E-state index contributed by atoms with van der Waals surface area (Å²) in [6.45, 7) is 7.53. The topological polar surface area (TPSA) is 35.8 Å². The van der Waals surface area contributed by atoms with Gasteiger partial charge in [-0.25, -0.2) is 0 Å². The third kappa shape index (κ3) is 2.58. The lowest BCUT2D eigenvalue weighted by Gasteiger charge is -2.09. The first-order chi connectivity index (χ1) is 6.65. The fourth-order valence-electron chi connectivity index (χ4n) is 1.46. The second-order valence-corrected chi connectivity index (χ2v) is 3.62. The Morgan fingerprint density at radius 1 is 1.14 bits per heavy atom. The number of hydrogen-bond donors (Lipinski definition) is 1. The molecule has 1 rings (SSSR count). The van der Waals surface area contributed by atoms with Crippen molar-refractivity contribution in [1.29, 1.82) is 5.26 Å². The van der Waals surface area contributed by atoms with Gasteiger partial charge in [0.2, 0.25) is 0 Å². The van der Waals surface area contributed by atoms with Crippen LogP contribution in [0.5, 0.6) is 0 Å². The molecule has 0 aromatic heterocycles. The van der Waals surface area contributed by atoms with Gasteiger partial charge in [0.25, 0.3) is 0 Å². The monoisotopic (exact) mass is 188 g/mol. The summed E-state index contributed by atoms with van der Waals surface area (Å²) in [5.41, 5.74) is 5.21. The first kappa shape index (κ1) is 10.7. The van der Waals surface area contributed by atoms with Gasteiger partial charge >= 0.3 is 0 Å². The van der Waals surface area contributed by atoms with Gasteiger partial charge in [0.15, 0.2) is 0 Å². The molecule has 14 heavy (non-hydrogen) atoms. The molecule has 0 saturated carbocycles. The Morgan fingerprint density at radius 3 is 2.43 bits per heavy atom. The lowest BCUT2D eigenvalue weighted by molar-refractivity contribution is 0.760. The molecule has 1 aromatic rings. The molecule has 0 heterocycles. The maximum absolute atomic E-state index is 8.40. The molecule has 0 aliphatic heterocycles. The van der Waals surface area contributed by atoms with Crippen LogP contribution in [0.15, 0.2) is 12.1 Å². The lowest BCUT2D eigenvalue weighted by atomic mass is 10.0. The number of aryl methyl sites for hydroxylation is 3. The first-order valence-electron chi connectivity index (χ1n) is 4.79. The maximum atomic E-state index is 8.40. The molecule has 0 fully saturated rings. The van der Waals surface area contributed by atoms with Crippen molar-refractivity contribution in [2.24, 2.45) is 0 Å². The summed E-state index contributed by atoms with van der Waals surface area (Å²) < 4.78 is 0. The summed E-state index contributed by atoms with van der Waals surface area (Å²) in [5.74, 6) is 0. The SMILES string of the molecule is Cc1cc(C)c(CNCC#N)cc1C. The molecule has 74 valence electrons. The zero-order valence-electron chi connectivity index (χ0n) is 9.02. The van der Waals surface area contributed by atoms with E-state index in [-0.39, 0.29) is 0 Å². The quantitative estimate of drug-likeness (QED) is 0.583. The van der Waals surface area contributed by atoms with Crippen molar-refractivity contribution in [2.75, 3.05) is 6.54 Å². The number of nitriles is 1. The highest BCUT2D eigenvalue weighted by Gasteiger charge is 2.00. The van der Waals surface area contributed by atoms with E-state index in [1.165, 1.54) is 22.3 Å². The molecule has 0 radical (unpaired) electrons. The molecular formula is C12H16N2. The van der Waals surface area contributed by atoms with Gasteiger partial charge in [0.1, 0.15) is 0 Å². The number of hydrogen-bond acceptors (Lipinski definition) is 2. The van der Waals surface area contributed by atoms with E-state index in [0.29, 0.717) is 6.54 Å². The zero-order valence-corrected chi connectivity index (χ0v) is 9.02. The highest BCUT2D eigenvalue weighted by Crippen LogP contribution is 2.14. The Bertz CT molecular complexity index is 361. The predicted octanol–water partition coefficient (Wildman–Crippen LogP) is 2.23. The molecule has 0 aliphatic carbocycles. The van der Waals surface area contributed by atoms with Crippen molar-refractivity contribution in [3.8, 4) is 6.07 Å². The Kier molecular flexibility index (Phi) is 3.67. The number of nitrogens with one attached hydrogen (secondary N) is 1. The van der Waals surface area contributed by atoms with Crippen LogP contribution >= 0.6 is 0 Å². The van der Waals surface area contributed by atoms with Crippen LogP contribution in [0.3, 0.4) is 0 Å². The molecule has 0 saturated heterocycles. The van der Waals surface area contributed by atoms with Crippen molar-refractivity contribution < 1.29 is 0 Å². The van der Waals surface area contributed by atoms with Crippen LogP contribution in [0.25, 0.3) is 0 Å². The average molecular weight is 188 g/mol. The van der Waals surface area contributed by atoms with Crippen molar-refractivity contribution in [2.45, 2.75) is 27.3 Å². The highest BCUT2D eigenvalue weighted by molar-refractivity contribution is 5.36. The average Bonchev–Trinajstić information content (AvgIpc) is 2.14. The van der Waals surface area contributed by atoms with Crippen LogP contribution in [0, 0.1) is 32.1 Å². The van der Waals surface area contributed by atoms with Gasteiger partial charge in [-0.05, 0) is 43.0 Å². The molecule has 0 spiro atoms. The Balaban J connectivity index is 2.78. The third-order valence-electron chi connectivity index (χ3n) is 2.47. The van der Waals surface area contributed by atoms with E-state index >= 15 is 0 Å². The molecule has 1 aromatic carbocycles. The van der Waals surface area contributed by atoms with E-state index in [0.717, 1.165) is 6.54 Å². The summed E-state index contributed by atoms with van der Waals surface area (Å²) >= 11 is 0. The minimum Gasteiger partial charge on any atom is -0.300 e. The molecule has 0 amide bonds. The van der Waals surface area contributed by atoms with Gasteiger partial charge in [0.05, 0.1) is 12.6 Å². The van der Waals surface area contributed by atoms with Crippen LogP contribution in [-0.2, 0) is 6.54 Å². The van der Waals surface area contributed by atoms with E-state index in [9.17, 15) is 0 Å². The standard InChI is InChI=1S/C12H16N2/c1-9-6-11(3)12(7-10(9)2)8-14-5-4-13/h6-7,14H,5,8H2,1-3H3. The van der Waals surface area contributed by atoms with Gasteiger partial charge < -0.3 is 5.32 Å². The molecule has 2 nitrogen and oxygen atoms in total. The van der Waals surface area contributed by atoms with Crippen molar-refractivity contribution >= 4 is 0 Å². The van der Waals surface area contributed by atoms with Crippen LogP contribution in [0.1, 0.15) is 22.3 Å². The molecular weight excluding hydrogens is 172 g/mol. The minimum atomic E-state index is 0.409. The number of nitrogens with zero attached hydrogens (tertiary/aromatic N) is 1. The fraction of sp³-hybridized carbons (Fsp3) is 0.417. The Hall–Kier alpha value is -1.33. The second kappa shape index (κ2) is 4.78. The van der Waals surface area contributed by atoms with Crippen LogP contribution in [0.4, 0.5) is 0 Å². The summed E-state index contributed by atoms with van der Waals surface area (Å²) in [4.78, 5) is 0. The summed E-state index contributed by atoms with van der Waals surface area (Å²) in [5, 5.41) is 11.5.